The molecule has 0 unspecified atom stereocenters. The summed E-state index contributed by atoms with van der Waals surface area (Å²) in [6.07, 6.45) is 2.80. The minimum atomic E-state index is 0.0300. The van der Waals surface area contributed by atoms with Crippen molar-refractivity contribution in [3.05, 3.63) is 42.5 Å². The van der Waals surface area contributed by atoms with E-state index in [0.29, 0.717) is 5.75 Å². The van der Waals surface area contributed by atoms with Crippen LogP contribution in [0.1, 0.15) is 26.2 Å². The van der Waals surface area contributed by atoms with Gasteiger partial charge in [-0.25, -0.2) is 0 Å². The summed E-state index contributed by atoms with van der Waals surface area (Å²) in [5.74, 6) is 0.687. The molecule has 0 atom stereocenters. The first-order chi connectivity index (χ1) is 11.7. The van der Waals surface area contributed by atoms with Gasteiger partial charge in [-0.05, 0) is 47.6 Å². The van der Waals surface area contributed by atoms with Crippen molar-refractivity contribution >= 4 is 28.4 Å². The molecule has 3 nitrogen and oxygen atoms in total. The van der Waals surface area contributed by atoms with E-state index in [0.717, 1.165) is 37.2 Å². The number of thioether (sulfide) groups is 1. The summed E-state index contributed by atoms with van der Waals surface area (Å²) in [6.45, 7) is 3.90. The van der Waals surface area contributed by atoms with E-state index in [-0.39, 0.29) is 17.9 Å². The predicted octanol–water partition coefficient (Wildman–Crippen LogP) is 3.94. The Morgan fingerprint density at radius 2 is 1.88 bits per heavy atom. The van der Waals surface area contributed by atoms with Gasteiger partial charge in [-0.3, -0.25) is 4.79 Å². The highest BCUT2D eigenvalue weighted by atomic mass is 32.2. The molecule has 24 heavy (non-hydrogen) atoms. The second-order valence-electron chi connectivity index (χ2n) is 6.69. The van der Waals surface area contributed by atoms with Gasteiger partial charge in [-0.2, -0.15) is 0 Å². The fraction of sp³-hybridized carbons (Fsp3) is 0.450. The normalized spacial score (nSPS) is 17.2. The molecule has 1 heterocycles. The van der Waals surface area contributed by atoms with E-state index < -0.39 is 0 Å². The van der Waals surface area contributed by atoms with Gasteiger partial charge in [0.25, 0.3) is 0 Å². The van der Waals surface area contributed by atoms with E-state index in [1.807, 2.05) is 17.0 Å². The van der Waals surface area contributed by atoms with Crippen LogP contribution in [0.2, 0.25) is 0 Å². The number of benzene rings is 2. The number of piperidine rings is 1. The Kier molecular flexibility index (Phi) is 5.47. The Balaban J connectivity index is 1.55. The van der Waals surface area contributed by atoms with Crippen LogP contribution < -0.4 is 0 Å². The number of carbonyl (C=O) groups is 1. The fourth-order valence-electron chi connectivity index (χ4n) is 3.35. The van der Waals surface area contributed by atoms with Crippen LogP contribution in [0.3, 0.4) is 0 Å². The minimum Gasteiger partial charge on any atom is -0.396 e. The maximum absolute atomic E-state index is 12.5. The van der Waals surface area contributed by atoms with Crippen LogP contribution in [-0.4, -0.2) is 41.4 Å². The van der Waals surface area contributed by atoms with Gasteiger partial charge in [0.1, 0.15) is 0 Å². The molecule has 0 aromatic heterocycles. The molecule has 0 radical (unpaired) electrons. The Bertz CT molecular complexity index is 702. The molecule has 2 aromatic carbocycles. The third-order valence-electron chi connectivity index (χ3n) is 5.35. The van der Waals surface area contributed by atoms with Gasteiger partial charge in [-0.15, -0.1) is 11.8 Å². The highest BCUT2D eigenvalue weighted by molar-refractivity contribution is 8.00. The van der Waals surface area contributed by atoms with Gasteiger partial charge in [-0.1, -0.05) is 37.3 Å². The number of aliphatic hydroxyl groups excluding tert-OH is 1. The Morgan fingerprint density at radius 3 is 2.54 bits per heavy atom. The van der Waals surface area contributed by atoms with Crippen molar-refractivity contribution in [3.63, 3.8) is 0 Å². The number of amides is 1. The SMILES string of the molecule is CCC1(CO)CCN(C(=O)CSc2ccc3ccccc3c2)CC1. The zero-order valence-electron chi connectivity index (χ0n) is 14.2. The quantitative estimate of drug-likeness (QED) is 0.836. The topological polar surface area (TPSA) is 40.5 Å². The van der Waals surface area contributed by atoms with Gasteiger partial charge in [0, 0.05) is 24.6 Å². The van der Waals surface area contributed by atoms with Crippen molar-refractivity contribution in [1.82, 2.24) is 4.90 Å². The van der Waals surface area contributed by atoms with Crippen molar-refractivity contribution in [3.8, 4) is 0 Å². The maximum atomic E-state index is 12.5. The van der Waals surface area contributed by atoms with Crippen LogP contribution in [0.4, 0.5) is 0 Å². The molecule has 1 saturated heterocycles. The van der Waals surface area contributed by atoms with Crippen molar-refractivity contribution in [2.45, 2.75) is 31.1 Å². The lowest BCUT2D eigenvalue weighted by atomic mass is 9.77. The summed E-state index contributed by atoms with van der Waals surface area (Å²) in [5, 5.41) is 12.0. The molecule has 0 bridgehead atoms. The van der Waals surface area contributed by atoms with Crippen molar-refractivity contribution < 1.29 is 9.90 Å². The molecule has 2 aromatic rings. The molecule has 0 spiro atoms. The van der Waals surface area contributed by atoms with E-state index in [9.17, 15) is 9.90 Å². The summed E-state index contributed by atoms with van der Waals surface area (Å²) in [7, 11) is 0. The number of hydrogen-bond acceptors (Lipinski definition) is 3. The first-order valence-corrected chi connectivity index (χ1v) is 9.65. The van der Waals surface area contributed by atoms with Crippen LogP contribution >= 0.6 is 11.8 Å². The molecule has 1 N–H and O–H groups in total. The molecule has 1 fully saturated rings. The van der Waals surface area contributed by atoms with E-state index in [1.54, 1.807) is 11.8 Å². The number of nitrogens with zero attached hydrogens (tertiary/aromatic N) is 1. The lowest BCUT2D eigenvalue weighted by Crippen LogP contribution is -2.45. The van der Waals surface area contributed by atoms with E-state index in [1.165, 1.54) is 10.8 Å². The van der Waals surface area contributed by atoms with Crippen LogP contribution in [0, 0.1) is 5.41 Å². The van der Waals surface area contributed by atoms with Crippen molar-refractivity contribution in [2.24, 2.45) is 5.41 Å². The monoisotopic (exact) mass is 343 g/mol. The standard InChI is InChI=1S/C20H25NO2S/c1-2-20(15-22)9-11-21(12-10-20)19(23)14-24-18-8-7-16-5-3-4-6-17(16)13-18/h3-8,13,22H,2,9-12,14-15H2,1H3. The van der Waals surface area contributed by atoms with Crippen LogP contribution in [-0.2, 0) is 4.79 Å². The highest BCUT2D eigenvalue weighted by Crippen LogP contribution is 2.34. The van der Waals surface area contributed by atoms with Crippen LogP contribution in [0.15, 0.2) is 47.4 Å². The molecular formula is C20H25NO2S. The van der Waals surface area contributed by atoms with E-state index in [2.05, 4.69) is 37.3 Å². The lowest BCUT2D eigenvalue weighted by molar-refractivity contribution is -0.131. The molecule has 0 saturated carbocycles. The highest BCUT2D eigenvalue weighted by Gasteiger charge is 2.33. The third-order valence-corrected chi connectivity index (χ3v) is 6.32. The average Bonchev–Trinajstić information content (AvgIpc) is 2.66. The van der Waals surface area contributed by atoms with Gasteiger partial charge in [0.05, 0.1) is 5.75 Å². The van der Waals surface area contributed by atoms with Gasteiger partial charge in [0.15, 0.2) is 0 Å². The Labute approximate surface area is 148 Å². The first-order valence-electron chi connectivity index (χ1n) is 8.66. The zero-order chi connectivity index (χ0) is 17.0. The number of hydrogen-bond donors (Lipinski definition) is 1. The largest absolute Gasteiger partial charge is 0.396 e. The number of aliphatic hydroxyl groups is 1. The second-order valence-corrected chi connectivity index (χ2v) is 7.74. The maximum Gasteiger partial charge on any atom is 0.232 e. The van der Waals surface area contributed by atoms with Crippen molar-refractivity contribution in [2.75, 3.05) is 25.4 Å². The summed E-state index contributed by atoms with van der Waals surface area (Å²) in [6, 6.07) is 14.6. The van der Waals surface area contributed by atoms with Gasteiger partial charge >= 0.3 is 0 Å². The second kappa shape index (κ2) is 7.58. The summed E-state index contributed by atoms with van der Waals surface area (Å²) in [5.41, 5.74) is 0.0300. The molecule has 1 aliphatic rings. The summed E-state index contributed by atoms with van der Waals surface area (Å²) in [4.78, 5) is 15.6. The summed E-state index contributed by atoms with van der Waals surface area (Å²) >= 11 is 1.61. The molecule has 3 rings (SSSR count). The van der Waals surface area contributed by atoms with Crippen molar-refractivity contribution in [1.29, 1.82) is 0 Å². The first kappa shape index (κ1) is 17.3. The molecule has 128 valence electrons. The molecule has 4 heteroatoms. The number of rotatable bonds is 5. The Morgan fingerprint density at radius 1 is 1.17 bits per heavy atom. The molecule has 0 aliphatic carbocycles. The Hall–Kier alpha value is -1.52. The van der Waals surface area contributed by atoms with E-state index >= 15 is 0 Å². The van der Waals surface area contributed by atoms with Gasteiger partial charge in [0.2, 0.25) is 5.91 Å². The van der Waals surface area contributed by atoms with E-state index in [4.69, 9.17) is 0 Å². The number of fused-ring (bicyclic) bond motifs is 1. The zero-order valence-corrected chi connectivity index (χ0v) is 15.0. The number of carbonyl (C=O) groups excluding carboxylic acids is 1. The molecule has 1 amide bonds. The molecule has 1 aliphatic heterocycles. The summed E-state index contributed by atoms with van der Waals surface area (Å²) < 4.78 is 0. The molecular weight excluding hydrogens is 318 g/mol. The third kappa shape index (κ3) is 3.76. The number of likely N-dealkylation sites (tertiary alicyclic amines) is 1. The average molecular weight is 343 g/mol. The predicted molar refractivity (Wildman–Crippen MR) is 100 cm³/mol. The van der Waals surface area contributed by atoms with Gasteiger partial charge < -0.3 is 10.0 Å². The smallest absolute Gasteiger partial charge is 0.232 e. The van der Waals surface area contributed by atoms with Crippen LogP contribution in [0.25, 0.3) is 10.8 Å². The van der Waals surface area contributed by atoms with Crippen LogP contribution in [0.5, 0.6) is 0 Å². The minimum absolute atomic E-state index is 0.0300. The lowest BCUT2D eigenvalue weighted by Gasteiger charge is -2.40. The fourth-order valence-corrected chi connectivity index (χ4v) is 4.19.